The molecule has 3 aromatic rings. The third-order valence-electron chi connectivity index (χ3n) is 4.52. The SMILES string of the molecule is Cc1ccc(Cl)c(NC(=O)CN2c3cccc4cccc(c34)S2(=O)=O)c1Cl. The lowest BCUT2D eigenvalue weighted by atomic mass is 10.1. The van der Waals surface area contributed by atoms with Gasteiger partial charge in [-0.15, -0.1) is 0 Å². The molecular formula is C19H14Cl2N2O3S. The van der Waals surface area contributed by atoms with Crippen LogP contribution in [0.1, 0.15) is 5.56 Å². The van der Waals surface area contributed by atoms with E-state index in [1.54, 1.807) is 43.3 Å². The van der Waals surface area contributed by atoms with E-state index in [-0.39, 0.29) is 22.2 Å². The van der Waals surface area contributed by atoms with Crippen molar-refractivity contribution >= 4 is 61.3 Å². The molecule has 3 aromatic carbocycles. The summed E-state index contributed by atoms with van der Waals surface area (Å²) in [6, 6.07) is 13.7. The fourth-order valence-corrected chi connectivity index (χ4v) is 5.34. The number of benzene rings is 3. The van der Waals surface area contributed by atoms with Crippen molar-refractivity contribution in [3.63, 3.8) is 0 Å². The van der Waals surface area contributed by atoms with Crippen molar-refractivity contribution < 1.29 is 13.2 Å². The first-order valence-corrected chi connectivity index (χ1v) is 10.3. The maximum Gasteiger partial charge on any atom is 0.265 e. The molecule has 0 fully saturated rings. The molecule has 4 rings (SSSR count). The molecule has 0 aromatic heterocycles. The van der Waals surface area contributed by atoms with Gasteiger partial charge in [-0.3, -0.25) is 9.10 Å². The van der Waals surface area contributed by atoms with Crippen LogP contribution in [-0.4, -0.2) is 20.9 Å². The number of carbonyl (C=O) groups excluding carboxylic acids is 1. The van der Waals surface area contributed by atoms with Crippen LogP contribution in [0, 0.1) is 6.92 Å². The van der Waals surface area contributed by atoms with Crippen LogP contribution in [0.25, 0.3) is 10.8 Å². The number of rotatable bonds is 3. The summed E-state index contributed by atoms with van der Waals surface area (Å²) >= 11 is 12.3. The van der Waals surface area contributed by atoms with Gasteiger partial charge < -0.3 is 5.32 Å². The summed E-state index contributed by atoms with van der Waals surface area (Å²) in [6.45, 7) is 1.41. The highest BCUT2D eigenvalue weighted by molar-refractivity contribution is 7.93. The topological polar surface area (TPSA) is 66.5 Å². The van der Waals surface area contributed by atoms with Gasteiger partial charge in [0, 0.05) is 5.39 Å². The maximum atomic E-state index is 12.9. The molecule has 0 radical (unpaired) electrons. The van der Waals surface area contributed by atoms with Gasteiger partial charge in [-0.1, -0.05) is 53.5 Å². The van der Waals surface area contributed by atoms with Crippen molar-refractivity contribution in [2.24, 2.45) is 0 Å². The van der Waals surface area contributed by atoms with Crippen LogP contribution in [0.3, 0.4) is 0 Å². The molecule has 0 spiro atoms. The summed E-state index contributed by atoms with van der Waals surface area (Å²) in [7, 11) is -3.81. The van der Waals surface area contributed by atoms with Crippen molar-refractivity contribution in [3.8, 4) is 0 Å². The van der Waals surface area contributed by atoms with Gasteiger partial charge in [-0.2, -0.15) is 0 Å². The predicted octanol–water partition coefficient (Wildman–Crippen LogP) is 4.60. The third-order valence-corrected chi connectivity index (χ3v) is 7.12. The van der Waals surface area contributed by atoms with Crippen LogP contribution in [0.5, 0.6) is 0 Å². The lowest BCUT2D eigenvalue weighted by molar-refractivity contribution is -0.114. The largest absolute Gasteiger partial charge is 0.322 e. The average molecular weight is 421 g/mol. The minimum atomic E-state index is -3.81. The third kappa shape index (κ3) is 2.84. The summed E-state index contributed by atoms with van der Waals surface area (Å²) in [6.07, 6.45) is 0. The van der Waals surface area contributed by atoms with Gasteiger partial charge in [0.15, 0.2) is 0 Å². The number of halogens is 2. The van der Waals surface area contributed by atoms with E-state index in [2.05, 4.69) is 5.32 Å². The van der Waals surface area contributed by atoms with Crippen LogP contribution in [0.4, 0.5) is 11.4 Å². The molecule has 8 heteroatoms. The minimum Gasteiger partial charge on any atom is -0.322 e. The summed E-state index contributed by atoms with van der Waals surface area (Å²) in [5.74, 6) is -0.530. The molecular weight excluding hydrogens is 407 g/mol. The van der Waals surface area contributed by atoms with E-state index in [0.717, 1.165) is 15.3 Å². The van der Waals surface area contributed by atoms with Crippen LogP contribution in [0.2, 0.25) is 10.0 Å². The first kappa shape index (κ1) is 18.1. The Morgan fingerprint density at radius 2 is 1.78 bits per heavy atom. The molecule has 5 nitrogen and oxygen atoms in total. The van der Waals surface area contributed by atoms with Gasteiger partial charge in [0.25, 0.3) is 10.0 Å². The Hall–Kier alpha value is -2.28. The van der Waals surface area contributed by atoms with Gasteiger partial charge in [-0.05, 0) is 36.1 Å². The van der Waals surface area contributed by atoms with Gasteiger partial charge in [-0.25, -0.2) is 8.42 Å². The fraction of sp³-hybridized carbons (Fsp3) is 0.105. The van der Waals surface area contributed by atoms with Crippen molar-refractivity contribution in [3.05, 3.63) is 64.1 Å². The quantitative estimate of drug-likeness (QED) is 0.672. The van der Waals surface area contributed by atoms with Gasteiger partial charge in [0.1, 0.15) is 6.54 Å². The Labute approximate surface area is 166 Å². The van der Waals surface area contributed by atoms with Crippen LogP contribution in [0.15, 0.2) is 53.4 Å². The number of aryl methyl sites for hydroxylation is 1. The number of anilines is 2. The number of sulfonamides is 1. The van der Waals surface area contributed by atoms with Crippen molar-refractivity contribution in [2.45, 2.75) is 11.8 Å². The molecule has 1 N–H and O–H groups in total. The highest BCUT2D eigenvalue weighted by Crippen LogP contribution is 2.42. The Morgan fingerprint density at radius 3 is 2.52 bits per heavy atom. The van der Waals surface area contributed by atoms with E-state index in [4.69, 9.17) is 23.2 Å². The van der Waals surface area contributed by atoms with Crippen molar-refractivity contribution in [1.29, 1.82) is 0 Å². The Kier molecular flexibility index (Phi) is 4.29. The summed E-state index contributed by atoms with van der Waals surface area (Å²) < 4.78 is 27.0. The molecule has 1 amide bonds. The number of nitrogens with zero attached hydrogens (tertiary/aromatic N) is 1. The highest BCUT2D eigenvalue weighted by Gasteiger charge is 2.36. The van der Waals surface area contributed by atoms with E-state index in [1.807, 2.05) is 12.1 Å². The normalized spacial score (nSPS) is 14.6. The molecule has 0 atom stereocenters. The molecule has 27 heavy (non-hydrogen) atoms. The molecule has 1 aliphatic heterocycles. The first-order valence-electron chi connectivity index (χ1n) is 8.09. The molecule has 0 saturated heterocycles. The van der Waals surface area contributed by atoms with Crippen LogP contribution >= 0.6 is 23.2 Å². The number of hydrogen-bond acceptors (Lipinski definition) is 3. The van der Waals surface area contributed by atoms with Gasteiger partial charge in [0.05, 0.1) is 26.3 Å². The minimum absolute atomic E-state index is 0.204. The fourth-order valence-electron chi connectivity index (χ4n) is 3.21. The smallest absolute Gasteiger partial charge is 0.265 e. The lowest BCUT2D eigenvalue weighted by Gasteiger charge is -2.19. The Balaban J connectivity index is 1.69. The molecule has 138 valence electrons. The van der Waals surface area contributed by atoms with E-state index >= 15 is 0 Å². The maximum absolute atomic E-state index is 12.9. The van der Waals surface area contributed by atoms with Crippen LogP contribution in [-0.2, 0) is 14.8 Å². The van der Waals surface area contributed by atoms with Crippen LogP contribution < -0.4 is 9.62 Å². The lowest BCUT2D eigenvalue weighted by Crippen LogP contribution is -2.35. The standard InChI is InChI=1S/C19H14Cl2N2O3S/c1-11-8-9-13(20)19(18(11)21)22-16(24)10-23-14-6-2-4-12-5-3-7-15(17(12)14)27(23,25)26/h2-9H,10H2,1H3,(H,22,24). The number of nitrogens with one attached hydrogen (secondary N) is 1. The summed E-state index contributed by atoms with van der Waals surface area (Å²) in [5.41, 5.74) is 1.51. The number of hydrogen-bond donors (Lipinski definition) is 1. The zero-order chi connectivity index (χ0) is 19.3. The molecule has 0 unspecified atom stereocenters. The van der Waals surface area contributed by atoms with E-state index in [1.165, 1.54) is 0 Å². The molecule has 0 saturated carbocycles. The monoisotopic (exact) mass is 420 g/mol. The Bertz CT molecular complexity index is 1200. The van der Waals surface area contributed by atoms with Gasteiger partial charge >= 0.3 is 0 Å². The van der Waals surface area contributed by atoms with Crippen molar-refractivity contribution in [2.75, 3.05) is 16.2 Å². The van der Waals surface area contributed by atoms with Crippen molar-refractivity contribution in [1.82, 2.24) is 0 Å². The molecule has 0 bridgehead atoms. The Morgan fingerprint density at radius 1 is 1.07 bits per heavy atom. The van der Waals surface area contributed by atoms with E-state index in [0.29, 0.717) is 16.1 Å². The molecule has 0 aliphatic carbocycles. The number of amides is 1. The van der Waals surface area contributed by atoms with E-state index in [9.17, 15) is 13.2 Å². The second kappa shape index (κ2) is 6.41. The summed E-state index contributed by atoms with van der Waals surface area (Å²) in [5, 5.41) is 4.68. The van der Waals surface area contributed by atoms with Gasteiger partial charge in [0.2, 0.25) is 5.91 Å². The predicted molar refractivity (Wildman–Crippen MR) is 108 cm³/mol. The molecule has 1 aliphatic rings. The molecule has 1 heterocycles. The summed E-state index contributed by atoms with van der Waals surface area (Å²) in [4.78, 5) is 12.8. The average Bonchev–Trinajstić information content (AvgIpc) is 2.85. The zero-order valence-corrected chi connectivity index (χ0v) is 16.5. The number of carbonyl (C=O) groups is 1. The second-order valence-electron chi connectivity index (χ2n) is 6.24. The first-order chi connectivity index (χ1) is 12.8. The van der Waals surface area contributed by atoms with E-state index < -0.39 is 15.9 Å². The second-order valence-corrected chi connectivity index (χ2v) is 8.86. The highest BCUT2D eigenvalue weighted by atomic mass is 35.5. The zero-order valence-electron chi connectivity index (χ0n) is 14.2.